The summed E-state index contributed by atoms with van der Waals surface area (Å²) < 4.78 is 1.18. The fourth-order valence-corrected chi connectivity index (χ4v) is 3.11. The van der Waals surface area contributed by atoms with Crippen LogP contribution in [0.3, 0.4) is 0 Å². The molecule has 1 aliphatic rings. The Morgan fingerprint density at radius 3 is 2.91 bits per heavy atom. The Morgan fingerprint density at radius 2 is 2.36 bits per heavy atom. The lowest BCUT2D eigenvalue weighted by Crippen LogP contribution is -2.26. The number of rotatable bonds is 2. The number of hydrogen-bond donors (Lipinski definition) is 0. The summed E-state index contributed by atoms with van der Waals surface area (Å²) in [6.07, 6.45) is 5.24. The molecule has 0 N–H and O–H groups in total. The SMILES string of the molecule is CC1(CCI)CCCC(=O)C1. The van der Waals surface area contributed by atoms with Crippen molar-refractivity contribution in [2.75, 3.05) is 4.43 Å². The maximum absolute atomic E-state index is 11.2. The standard InChI is InChI=1S/C9H15IO/c1-9(5-6-10)4-2-3-8(11)7-9/h2-7H2,1H3. The molecular formula is C9H15IO. The molecule has 1 atom stereocenters. The molecule has 0 amide bonds. The third kappa shape index (κ3) is 2.73. The molecule has 2 heteroatoms. The topological polar surface area (TPSA) is 17.1 Å². The van der Waals surface area contributed by atoms with E-state index >= 15 is 0 Å². The van der Waals surface area contributed by atoms with Gasteiger partial charge in [-0.25, -0.2) is 0 Å². The minimum absolute atomic E-state index is 0.344. The number of ketones is 1. The van der Waals surface area contributed by atoms with Crippen LogP contribution >= 0.6 is 22.6 Å². The quantitative estimate of drug-likeness (QED) is 0.554. The van der Waals surface area contributed by atoms with Crippen LogP contribution < -0.4 is 0 Å². The highest BCUT2D eigenvalue weighted by Crippen LogP contribution is 2.37. The monoisotopic (exact) mass is 266 g/mol. The molecule has 11 heavy (non-hydrogen) atoms. The molecule has 0 heterocycles. The molecule has 64 valence electrons. The van der Waals surface area contributed by atoms with Crippen molar-refractivity contribution in [1.29, 1.82) is 0 Å². The van der Waals surface area contributed by atoms with E-state index in [1.54, 1.807) is 0 Å². The Morgan fingerprint density at radius 1 is 1.64 bits per heavy atom. The maximum atomic E-state index is 11.2. The fraction of sp³-hybridized carbons (Fsp3) is 0.889. The van der Waals surface area contributed by atoms with Crippen molar-refractivity contribution in [2.45, 2.75) is 39.0 Å². The van der Waals surface area contributed by atoms with Crippen LogP contribution in [0.2, 0.25) is 0 Å². The van der Waals surface area contributed by atoms with E-state index in [4.69, 9.17) is 0 Å². The molecule has 0 bridgehead atoms. The first kappa shape index (κ1) is 9.49. The summed E-state index contributed by atoms with van der Waals surface area (Å²) in [6.45, 7) is 2.25. The first-order valence-corrected chi connectivity index (χ1v) is 5.76. The summed E-state index contributed by atoms with van der Waals surface area (Å²) in [5.41, 5.74) is 0.344. The molecule has 1 rings (SSSR count). The number of carbonyl (C=O) groups is 1. The number of hydrogen-bond acceptors (Lipinski definition) is 1. The number of Topliss-reactive ketones (excluding diaryl/α,β-unsaturated/α-hetero) is 1. The zero-order valence-electron chi connectivity index (χ0n) is 7.03. The van der Waals surface area contributed by atoms with Gasteiger partial charge in [0.1, 0.15) is 5.78 Å². The van der Waals surface area contributed by atoms with Gasteiger partial charge in [-0.15, -0.1) is 0 Å². The van der Waals surface area contributed by atoms with Crippen molar-refractivity contribution in [3.8, 4) is 0 Å². The maximum Gasteiger partial charge on any atom is 0.133 e. The van der Waals surface area contributed by atoms with E-state index in [0.29, 0.717) is 11.2 Å². The highest BCUT2D eigenvalue weighted by atomic mass is 127. The van der Waals surface area contributed by atoms with Crippen LogP contribution in [-0.4, -0.2) is 10.2 Å². The lowest BCUT2D eigenvalue weighted by molar-refractivity contribution is -0.123. The molecule has 0 aromatic heterocycles. The number of carbonyl (C=O) groups excluding carboxylic acids is 1. The number of alkyl halides is 1. The van der Waals surface area contributed by atoms with Crippen LogP contribution in [-0.2, 0) is 4.79 Å². The molecule has 1 nitrogen and oxygen atoms in total. The summed E-state index contributed by atoms with van der Waals surface area (Å²) in [5, 5.41) is 0. The van der Waals surface area contributed by atoms with Gasteiger partial charge in [0.05, 0.1) is 0 Å². The zero-order chi connectivity index (χ0) is 8.32. The molecule has 0 saturated heterocycles. The van der Waals surface area contributed by atoms with E-state index in [2.05, 4.69) is 29.5 Å². The molecule has 0 aliphatic heterocycles. The molecule has 0 aromatic rings. The first-order chi connectivity index (χ1) is 5.16. The molecule has 1 aliphatic carbocycles. The van der Waals surface area contributed by atoms with Crippen molar-refractivity contribution in [2.24, 2.45) is 5.41 Å². The zero-order valence-corrected chi connectivity index (χ0v) is 9.19. The van der Waals surface area contributed by atoms with Gasteiger partial charge in [-0.2, -0.15) is 0 Å². The van der Waals surface area contributed by atoms with Crippen molar-refractivity contribution in [1.82, 2.24) is 0 Å². The van der Waals surface area contributed by atoms with Crippen LogP contribution in [0.25, 0.3) is 0 Å². The molecule has 1 saturated carbocycles. The Balaban J connectivity index is 2.48. The van der Waals surface area contributed by atoms with Gasteiger partial charge in [0.15, 0.2) is 0 Å². The van der Waals surface area contributed by atoms with Gasteiger partial charge in [-0.1, -0.05) is 29.5 Å². The van der Waals surface area contributed by atoms with Crippen molar-refractivity contribution >= 4 is 28.4 Å². The van der Waals surface area contributed by atoms with Gasteiger partial charge in [0.25, 0.3) is 0 Å². The lowest BCUT2D eigenvalue weighted by Gasteiger charge is -2.31. The third-order valence-electron chi connectivity index (χ3n) is 2.56. The Kier molecular flexibility index (Phi) is 3.34. The van der Waals surface area contributed by atoms with Crippen LogP contribution in [0.4, 0.5) is 0 Å². The average Bonchev–Trinajstić information content (AvgIpc) is 1.86. The molecular weight excluding hydrogens is 251 g/mol. The van der Waals surface area contributed by atoms with Gasteiger partial charge in [-0.05, 0) is 24.7 Å². The second-order valence-corrected chi connectivity index (χ2v) is 4.90. The van der Waals surface area contributed by atoms with E-state index < -0.39 is 0 Å². The van der Waals surface area contributed by atoms with Crippen LogP contribution in [0.15, 0.2) is 0 Å². The molecule has 0 spiro atoms. The molecule has 1 unspecified atom stereocenters. The average molecular weight is 266 g/mol. The summed E-state index contributed by atoms with van der Waals surface area (Å²) in [4.78, 5) is 11.2. The van der Waals surface area contributed by atoms with E-state index in [1.165, 1.54) is 17.3 Å². The third-order valence-corrected chi connectivity index (χ3v) is 3.10. The van der Waals surface area contributed by atoms with E-state index in [1.807, 2.05) is 0 Å². The first-order valence-electron chi connectivity index (χ1n) is 4.24. The summed E-state index contributed by atoms with van der Waals surface area (Å²) in [7, 11) is 0. The van der Waals surface area contributed by atoms with E-state index in [9.17, 15) is 4.79 Å². The van der Waals surface area contributed by atoms with Crippen LogP contribution in [0.5, 0.6) is 0 Å². The van der Waals surface area contributed by atoms with Crippen molar-refractivity contribution < 1.29 is 4.79 Å². The highest BCUT2D eigenvalue weighted by Gasteiger charge is 2.29. The van der Waals surface area contributed by atoms with Crippen LogP contribution in [0.1, 0.15) is 39.0 Å². The minimum Gasteiger partial charge on any atom is -0.300 e. The normalized spacial score (nSPS) is 32.4. The van der Waals surface area contributed by atoms with Gasteiger partial charge in [-0.3, -0.25) is 4.79 Å². The number of halogens is 1. The van der Waals surface area contributed by atoms with Gasteiger partial charge < -0.3 is 0 Å². The van der Waals surface area contributed by atoms with Crippen molar-refractivity contribution in [3.05, 3.63) is 0 Å². The van der Waals surface area contributed by atoms with Gasteiger partial charge in [0, 0.05) is 17.3 Å². The molecule has 0 radical (unpaired) electrons. The van der Waals surface area contributed by atoms with Gasteiger partial charge >= 0.3 is 0 Å². The van der Waals surface area contributed by atoms with Gasteiger partial charge in [0.2, 0.25) is 0 Å². The summed E-state index contributed by atoms with van der Waals surface area (Å²) in [5.74, 6) is 0.476. The Hall–Kier alpha value is 0.400. The Bertz CT molecular complexity index is 152. The second-order valence-electron chi connectivity index (χ2n) is 3.82. The summed E-state index contributed by atoms with van der Waals surface area (Å²) >= 11 is 2.40. The van der Waals surface area contributed by atoms with E-state index in [0.717, 1.165) is 19.3 Å². The summed E-state index contributed by atoms with van der Waals surface area (Å²) in [6, 6.07) is 0. The van der Waals surface area contributed by atoms with Crippen molar-refractivity contribution in [3.63, 3.8) is 0 Å². The smallest absolute Gasteiger partial charge is 0.133 e. The predicted octanol–water partition coefficient (Wildman–Crippen LogP) is 2.96. The molecule has 1 fully saturated rings. The van der Waals surface area contributed by atoms with Crippen LogP contribution in [0, 0.1) is 5.41 Å². The highest BCUT2D eigenvalue weighted by molar-refractivity contribution is 14.1. The second kappa shape index (κ2) is 3.87. The largest absolute Gasteiger partial charge is 0.300 e. The predicted molar refractivity (Wildman–Crippen MR) is 55.1 cm³/mol. The minimum atomic E-state index is 0.344. The molecule has 0 aromatic carbocycles. The van der Waals surface area contributed by atoms with E-state index in [-0.39, 0.29) is 0 Å². The Labute approximate surface area is 82.1 Å². The lowest BCUT2D eigenvalue weighted by atomic mass is 9.73. The fourth-order valence-electron chi connectivity index (χ4n) is 1.81.